The zero-order chi connectivity index (χ0) is 16.2. The maximum Gasteiger partial charge on any atom is 0.233 e. The molecule has 0 saturated heterocycles. The fourth-order valence-corrected chi connectivity index (χ4v) is 3.43. The molecule has 0 unspecified atom stereocenters. The Hall–Kier alpha value is -2.15. The van der Waals surface area contributed by atoms with Crippen molar-refractivity contribution in [2.45, 2.75) is 12.8 Å². The molecule has 1 heterocycles. The van der Waals surface area contributed by atoms with Crippen molar-refractivity contribution in [3.8, 4) is 0 Å². The second-order valence-electron chi connectivity index (χ2n) is 5.36. The Morgan fingerprint density at radius 2 is 1.73 bits per heavy atom. The Morgan fingerprint density at radius 3 is 2.27 bits per heavy atom. The van der Waals surface area contributed by atoms with Crippen molar-refractivity contribution in [2.75, 3.05) is 29.5 Å². The van der Waals surface area contributed by atoms with Crippen molar-refractivity contribution < 1.29 is 8.42 Å². The Balaban J connectivity index is 2.04. The predicted octanol–water partition coefficient (Wildman–Crippen LogP) is 2.09. The van der Waals surface area contributed by atoms with Crippen molar-refractivity contribution in [3.05, 3.63) is 48.3 Å². The maximum absolute atomic E-state index is 12.2. The minimum atomic E-state index is -3.46. The SMILES string of the molecule is C[C@H](CS(=O)(=O)Nc1cnc(N(C)C)nc1)c1ccccc1. The molecular formula is C15H20N4O2S. The molecule has 22 heavy (non-hydrogen) atoms. The average Bonchev–Trinajstić information content (AvgIpc) is 2.47. The molecule has 2 rings (SSSR count). The Labute approximate surface area is 131 Å². The second kappa shape index (κ2) is 6.74. The van der Waals surface area contributed by atoms with Gasteiger partial charge in [-0.05, 0) is 11.5 Å². The fraction of sp³-hybridized carbons (Fsp3) is 0.333. The van der Waals surface area contributed by atoms with Crippen LogP contribution in [0.1, 0.15) is 18.4 Å². The zero-order valence-electron chi connectivity index (χ0n) is 12.9. The molecule has 0 aliphatic rings. The molecule has 0 aliphatic carbocycles. The molecule has 6 nitrogen and oxygen atoms in total. The van der Waals surface area contributed by atoms with E-state index in [1.807, 2.05) is 51.4 Å². The van der Waals surface area contributed by atoms with Gasteiger partial charge in [-0.2, -0.15) is 0 Å². The molecule has 1 atom stereocenters. The quantitative estimate of drug-likeness (QED) is 0.882. The lowest BCUT2D eigenvalue weighted by atomic mass is 10.0. The second-order valence-corrected chi connectivity index (χ2v) is 7.13. The predicted molar refractivity (Wildman–Crippen MR) is 88.6 cm³/mol. The highest BCUT2D eigenvalue weighted by Gasteiger charge is 2.17. The number of aromatic nitrogens is 2. The number of benzene rings is 1. The molecular weight excluding hydrogens is 300 g/mol. The lowest BCUT2D eigenvalue weighted by Gasteiger charge is -2.14. The van der Waals surface area contributed by atoms with Crippen LogP contribution in [0.25, 0.3) is 0 Å². The van der Waals surface area contributed by atoms with E-state index in [0.29, 0.717) is 11.6 Å². The van der Waals surface area contributed by atoms with Crippen LogP contribution in [0.15, 0.2) is 42.7 Å². The van der Waals surface area contributed by atoms with Gasteiger partial charge >= 0.3 is 0 Å². The smallest absolute Gasteiger partial charge is 0.233 e. The first-order chi connectivity index (χ1) is 10.4. The molecule has 0 spiro atoms. The van der Waals surface area contributed by atoms with Crippen LogP contribution < -0.4 is 9.62 Å². The number of rotatable bonds is 6. The van der Waals surface area contributed by atoms with Crippen LogP contribution in [0, 0.1) is 0 Å². The summed E-state index contributed by atoms with van der Waals surface area (Å²) in [6.45, 7) is 1.89. The van der Waals surface area contributed by atoms with Gasteiger partial charge in [0.25, 0.3) is 0 Å². The number of anilines is 2. The molecule has 1 aromatic heterocycles. The number of nitrogens with zero attached hydrogens (tertiary/aromatic N) is 3. The highest BCUT2D eigenvalue weighted by molar-refractivity contribution is 7.92. The minimum Gasteiger partial charge on any atom is -0.347 e. The molecule has 2 aromatic rings. The molecule has 0 fully saturated rings. The van der Waals surface area contributed by atoms with E-state index in [0.717, 1.165) is 5.56 Å². The summed E-state index contributed by atoms with van der Waals surface area (Å²) in [5.74, 6) is 0.438. The third-order valence-electron chi connectivity index (χ3n) is 3.15. The molecule has 0 amide bonds. The van der Waals surface area contributed by atoms with E-state index in [4.69, 9.17) is 0 Å². The van der Waals surface area contributed by atoms with E-state index >= 15 is 0 Å². The largest absolute Gasteiger partial charge is 0.347 e. The fourth-order valence-electron chi connectivity index (χ4n) is 2.03. The van der Waals surface area contributed by atoms with Gasteiger partial charge in [-0.15, -0.1) is 0 Å². The minimum absolute atomic E-state index is 0.00639. The van der Waals surface area contributed by atoms with Crippen LogP contribution >= 0.6 is 0 Å². The average molecular weight is 320 g/mol. The van der Waals surface area contributed by atoms with Gasteiger partial charge in [-0.3, -0.25) is 4.72 Å². The normalized spacial score (nSPS) is 12.7. The van der Waals surface area contributed by atoms with Gasteiger partial charge in [-0.1, -0.05) is 37.3 Å². The summed E-state index contributed by atoms with van der Waals surface area (Å²) in [4.78, 5) is 9.92. The summed E-state index contributed by atoms with van der Waals surface area (Å²) in [5, 5.41) is 0. The summed E-state index contributed by atoms with van der Waals surface area (Å²) >= 11 is 0. The van der Waals surface area contributed by atoms with Gasteiger partial charge in [0.05, 0.1) is 23.8 Å². The highest BCUT2D eigenvalue weighted by Crippen LogP contribution is 2.18. The molecule has 118 valence electrons. The van der Waals surface area contributed by atoms with Gasteiger partial charge in [0.15, 0.2) is 0 Å². The summed E-state index contributed by atoms with van der Waals surface area (Å²) < 4.78 is 27.0. The van der Waals surface area contributed by atoms with Gasteiger partial charge in [0.1, 0.15) is 0 Å². The first-order valence-corrected chi connectivity index (χ1v) is 8.57. The Kier molecular flexibility index (Phi) is 4.97. The lowest BCUT2D eigenvalue weighted by Crippen LogP contribution is -2.21. The Morgan fingerprint density at radius 1 is 1.14 bits per heavy atom. The van der Waals surface area contributed by atoms with Gasteiger partial charge < -0.3 is 4.90 Å². The van der Waals surface area contributed by atoms with Crippen LogP contribution in [-0.2, 0) is 10.0 Å². The lowest BCUT2D eigenvalue weighted by molar-refractivity contribution is 0.595. The van der Waals surface area contributed by atoms with E-state index in [-0.39, 0.29) is 11.7 Å². The summed E-state index contributed by atoms with van der Waals surface area (Å²) in [6, 6.07) is 9.57. The first-order valence-electron chi connectivity index (χ1n) is 6.92. The summed E-state index contributed by atoms with van der Waals surface area (Å²) in [7, 11) is 0.182. The monoisotopic (exact) mass is 320 g/mol. The van der Waals surface area contributed by atoms with Gasteiger partial charge in [0, 0.05) is 14.1 Å². The topological polar surface area (TPSA) is 75.2 Å². The van der Waals surface area contributed by atoms with Crippen molar-refractivity contribution in [2.24, 2.45) is 0 Å². The molecule has 7 heteroatoms. The van der Waals surface area contributed by atoms with Crippen LogP contribution in [-0.4, -0.2) is 38.2 Å². The van der Waals surface area contributed by atoms with E-state index in [9.17, 15) is 8.42 Å². The van der Waals surface area contributed by atoms with Crippen molar-refractivity contribution in [3.63, 3.8) is 0 Å². The number of sulfonamides is 1. The first kappa shape index (κ1) is 16.2. The van der Waals surface area contributed by atoms with Crippen molar-refractivity contribution in [1.82, 2.24) is 9.97 Å². The molecule has 0 bridgehead atoms. The number of nitrogens with one attached hydrogen (secondary N) is 1. The molecule has 1 aromatic carbocycles. The van der Waals surface area contributed by atoms with E-state index in [2.05, 4.69) is 14.7 Å². The number of hydrogen-bond acceptors (Lipinski definition) is 5. The van der Waals surface area contributed by atoms with Crippen LogP contribution in [0.3, 0.4) is 0 Å². The molecule has 0 saturated carbocycles. The number of hydrogen-bond donors (Lipinski definition) is 1. The van der Waals surface area contributed by atoms with E-state index in [1.165, 1.54) is 12.4 Å². The van der Waals surface area contributed by atoms with Gasteiger partial charge in [0.2, 0.25) is 16.0 Å². The van der Waals surface area contributed by atoms with Crippen LogP contribution in [0.5, 0.6) is 0 Å². The molecule has 0 aliphatic heterocycles. The third kappa shape index (κ3) is 4.42. The van der Waals surface area contributed by atoms with E-state index in [1.54, 1.807) is 4.90 Å². The highest BCUT2D eigenvalue weighted by atomic mass is 32.2. The molecule has 1 N–H and O–H groups in total. The van der Waals surface area contributed by atoms with Crippen molar-refractivity contribution in [1.29, 1.82) is 0 Å². The Bertz CT molecular complexity index is 700. The molecule has 0 radical (unpaired) electrons. The van der Waals surface area contributed by atoms with Gasteiger partial charge in [-0.25, -0.2) is 18.4 Å². The maximum atomic E-state index is 12.2. The van der Waals surface area contributed by atoms with Crippen LogP contribution in [0.2, 0.25) is 0 Å². The standard InChI is InChI=1S/C15H20N4O2S/c1-12(13-7-5-4-6-8-13)11-22(20,21)18-14-9-16-15(17-10-14)19(2)3/h4-10,12,18H,11H2,1-3H3/t12-/m1/s1. The van der Waals surface area contributed by atoms with E-state index < -0.39 is 10.0 Å². The third-order valence-corrected chi connectivity index (χ3v) is 4.64. The summed E-state index contributed by atoms with van der Waals surface area (Å²) in [6.07, 6.45) is 2.93. The van der Waals surface area contributed by atoms with Crippen LogP contribution in [0.4, 0.5) is 11.6 Å². The summed E-state index contributed by atoms with van der Waals surface area (Å²) in [5.41, 5.74) is 1.36. The zero-order valence-corrected chi connectivity index (χ0v) is 13.7. The van der Waals surface area contributed by atoms with Crippen molar-refractivity contribution >= 4 is 21.7 Å².